The third-order valence-corrected chi connectivity index (χ3v) is 2.01. The maximum absolute atomic E-state index is 9.27. The lowest BCUT2D eigenvalue weighted by Crippen LogP contribution is -2.52. The van der Waals surface area contributed by atoms with Crippen LogP contribution in [-0.2, 0) is 4.74 Å². The van der Waals surface area contributed by atoms with Gasteiger partial charge in [0.1, 0.15) is 18.3 Å². The Labute approximate surface area is 65.4 Å². The van der Waals surface area contributed by atoms with Crippen LogP contribution in [0.2, 0.25) is 0 Å². The van der Waals surface area contributed by atoms with Crippen LogP contribution in [0, 0.1) is 0 Å². The van der Waals surface area contributed by atoms with E-state index in [1.165, 1.54) is 0 Å². The van der Waals surface area contributed by atoms with Crippen molar-refractivity contribution in [3.8, 4) is 0 Å². The standard InChI is InChI=1S/C7H14O4/c1-2-5-7(10)6(9)4(8)3-11-5/h4-10H,2-3H2,1H3/t4-,5+,6?,7?/m1/s1. The minimum Gasteiger partial charge on any atom is -0.388 e. The van der Waals surface area contributed by atoms with E-state index in [2.05, 4.69) is 0 Å². The summed E-state index contributed by atoms with van der Waals surface area (Å²) in [6, 6.07) is 0. The van der Waals surface area contributed by atoms with E-state index in [1.807, 2.05) is 6.92 Å². The molecule has 2 unspecified atom stereocenters. The first-order valence-electron chi connectivity index (χ1n) is 3.82. The zero-order valence-corrected chi connectivity index (χ0v) is 6.47. The summed E-state index contributed by atoms with van der Waals surface area (Å²) in [5.41, 5.74) is 0. The molecule has 0 bridgehead atoms. The fraction of sp³-hybridized carbons (Fsp3) is 1.00. The molecule has 4 heteroatoms. The van der Waals surface area contributed by atoms with E-state index in [9.17, 15) is 5.11 Å². The topological polar surface area (TPSA) is 69.9 Å². The van der Waals surface area contributed by atoms with Gasteiger partial charge in [-0.3, -0.25) is 0 Å². The average Bonchev–Trinajstić information content (AvgIpc) is 2.01. The van der Waals surface area contributed by atoms with Crippen LogP contribution in [0.15, 0.2) is 0 Å². The molecule has 11 heavy (non-hydrogen) atoms. The molecule has 0 radical (unpaired) electrons. The molecule has 1 saturated heterocycles. The van der Waals surface area contributed by atoms with Crippen LogP contribution in [0.25, 0.3) is 0 Å². The Morgan fingerprint density at radius 3 is 2.45 bits per heavy atom. The van der Waals surface area contributed by atoms with Gasteiger partial charge in [-0.25, -0.2) is 0 Å². The third-order valence-electron chi connectivity index (χ3n) is 2.01. The molecule has 0 aromatic heterocycles. The van der Waals surface area contributed by atoms with Crippen LogP contribution < -0.4 is 0 Å². The number of hydrogen-bond donors (Lipinski definition) is 3. The lowest BCUT2D eigenvalue weighted by molar-refractivity contribution is -0.187. The average molecular weight is 162 g/mol. The second-order valence-electron chi connectivity index (χ2n) is 2.83. The maximum Gasteiger partial charge on any atom is 0.111 e. The van der Waals surface area contributed by atoms with Gasteiger partial charge < -0.3 is 20.1 Å². The summed E-state index contributed by atoms with van der Waals surface area (Å²) >= 11 is 0. The van der Waals surface area contributed by atoms with Gasteiger partial charge in [-0.2, -0.15) is 0 Å². The molecule has 1 aliphatic heterocycles. The number of hydrogen-bond acceptors (Lipinski definition) is 4. The smallest absolute Gasteiger partial charge is 0.111 e. The Bertz CT molecular complexity index is 126. The van der Waals surface area contributed by atoms with Crippen LogP contribution in [0.5, 0.6) is 0 Å². The monoisotopic (exact) mass is 162 g/mol. The summed E-state index contributed by atoms with van der Waals surface area (Å²) in [5.74, 6) is 0. The van der Waals surface area contributed by atoms with Crippen molar-refractivity contribution in [2.75, 3.05) is 6.61 Å². The Balaban J connectivity index is 2.52. The first-order valence-corrected chi connectivity index (χ1v) is 3.82. The van der Waals surface area contributed by atoms with E-state index in [-0.39, 0.29) is 12.7 Å². The lowest BCUT2D eigenvalue weighted by atomic mass is 9.99. The summed E-state index contributed by atoms with van der Waals surface area (Å²) in [7, 11) is 0. The van der Waals surface area contributed by atoms with Gasteiger partial charge in [0.15, 0.2) is 0 Å². The van der Waals surface area contributed by atoms with Gasteiger partial charge in [0, 0.05) is 0 Å². The van der Waals surface area contributed by atoms with Crippen molar-refractivity contribution in [3.63, 3.8) is 0 Å². The summed E-state index contributed by atoms with van der Waals surface area (Å²) in [4.78, 5) is 0. The van der Waals surface area contributed by atoms with Crippen molar-refractivity contribution in [1.82, 2.24) is 0 Å². The summed E-state index contributed by atoms with van der Waals surface area (Å²) in [6.45, 7) is 1.97. The van der Waals surface area contributed by atoms with Crippen molar-refractivity contribution in [2.24, 2.45) is 0 Å². The fourth-order valence-corrected chi connectivity index (χ4v) is 1.23. The highest BCUT2D eigenvalue weighted by Crippen LogP contribution is 2.17. The molecule has 0 aromatic rings. The molecule has 4 atom stereocenters. The SMILES string of the molecule is CC[C@@H]1OC[C@@H](O)C(O)C1O. The second kappa shape index (κ2) is 3.49. The number of aliphatic hydroxyl groups is 3. The predicted molar refractivity (Wildman–Crippen MR) is 38.1 cm³/mol. The summed E-state index contributed by atoms with van der Waals surface area (Å²) in [6.07, 6.45) is -2.66. The van der Waals surface area contributed by atoms with Crippen LogP contribution in [0.3, 0.4) is 0 Å². The van der Waals surface area contributed by atoms with Gasteiger partial charge in [-0.15, -0.1) is 0 Å². The first-order chi connectivity index (χ1) is 5.16. The van der Waals surface area contributed by atoms with Crippen molar-refractivity contribution in [2.45, 2.75) is 37.8 Å². The molecule has 1 heterocycles. The molecule has 1 fully saturated rings. The Morgan fingerprint density at radius 2 is 1.91 bits per heavy atom. The highest BCUT2D eigenvalue weighted by molar-refractivity contribution is 4.85. The van der Waals surface area contributed by atoms with E-state index in [0.717, 1.165) is 0 Å². The largest absolute Gasteiger partial charge is 0.388 e. The van der Waals surface area contributed by atoms with E-state index >= 15 is 0 Å². The normalized spacial score (nSPS) is 45.8. The third kappa shape index (κ3) is 1.70. The number of ether oxygens (including phenoxy) is 1. The molecule has 0 aliphatic carbocycles. The molecule has 3 N–H and O–H groups in total. The zero-order chi connectivity index (χ0) is 8.43. The molecule has 66 valence electrons. The summed E-state index contributed by atoms with van der Waals surface area (Å²) < 4.78 is 5.06. The van der Waals surface area contributed by atoms with E-state index < -0.39 is 18.3 Å². The molecule has 0 amide bonds. The summed E-state index contributed by atoms with van der Waals surface area (Å²) in [5, 5.41) is 27.5. The van der Waals surface area contributed by atoms with Crippen molar-refractivity contribution >= 4 is 0 Å². The second-order valence-corrected chi connectivity index (χ2v) is 2.83. The predicted octanol–water partition coefficient (Wildman–Crippen LogP) is -1.12. The molecular weight excluding hydrogens is 148 g/mol. The molecular formula is C7H14O4. The van der Waals surface area contributed by atoms with E-state index in [0.29, 0.717) is 6.42 Å². The fourth-order valence-electron chi connectivity index (χ4n) is 1.23. The van der Waals surface area contributed by atoms with Gasteiger partial charge in [-0.05, 0) is 6.42 Å². The van der Waals surface area contributed by atoms with Gasteiger partial charge in [0.05, 0.1) is 12.7 Å². The van der Waals surface area contributed by atoms with Crippen molar-refractivity contribution < 1.29 is 20.1 Å². The van der Waals surface area contributed by atoms with Gasteiger partial charge >= 0.3 is 0 Å². The van der Waals surface area contributed by atoms with Gasteiger partial charge in [-0.1, -0.05) is 6.92 Å². The molecule has 4 nitrogen and oxygen atoms in total. The van der Waals surface area contributed by atoms with Crippen molar-refractivity contribution in [3.05, 3.63) is 0 Å². The Hall–Kier alpha value is -0.160. The number of aliphatic hydroxyl groups excluding tert-OH is 3. The van der Waals surface area contributed by atoms with Crippen LogP contribution >= 0.6 is 0 Å². The highest BCUT2D eigenvalue weighted by atomic mass is 16.5. The van der Waals surface area contributed by atoms with Crippen LogP contribution in [0.4, 0.5) is 0 Å². The first kappa shape index (κ1) is 8.93. The molecule has 0 saturated carbocycles. The lowest BCUT2D eigenvalue weighted by Gasteiger charge is -2.34. The van der Waals surface area contributed by atoms with Gasteiger partial charge in [0.25, 0.3) is 0 Å². The van der Waals surface area contributed by atoms with Crippen LogP contribution in [-0.4, -0.2) is 46.3 Å². The molecule has 0 spiro atoms. The minimum absolute atomic E-state index is 0.108. The molecule has 1 aliphatic rings. The Morgan fingerprint density at radius 1 is 1.27 bits per heavy atom. The minimum atomic E-state index is -1.06. The van der Waals surface area contributed by atoms with E-state index in [4.69, 9.17) is 14.9 Å². The Kier molecular flexibility index (Phi) is 2.84. The maximum atomic E-state index is 9.27. The van der Waals surface area contributed by atoms with Crippen LogP contribution in [0.1, 0.15) is 13.3 Å². The quantitative estimate of drug-likeness (QED) is 0.456. The molecule has 0 aromatic carbocycles. The van der Waals surface area contributed by atoms with Crippen molar-refractivity contribution in [1.29, 1.82) is 0 Å². The molecule has 1 rings (SSSR count). The zero-order valence-electron chi connectivity index (χ0n) is 6.47. The van der Waals surface area contributed by atoms with Gasteiger partial charge in [0.2, 0.25) is 0 Å². The number of rotatable bonds is 1. The van der Waals surface area contributed by atoms with E-state index in [1.54, 1.807) is 0 Å². The highest BCUT2D eigenvalue weighted by Gasteiger charge is 2.36.